The first-order chi connectivity index (χ1) is 15.9. The van der Waals surface area contributed by atoms with Crippen LogP contribution in [0.3, 0.4) is 0 Å². The maximum atomic E-state index is 14.2. The van der Waals surface area contributed by atoms with Crippen molar-refractivity contribution in [1.82, 2.24) is 0 Å². The molecule has 1 rings (SSSR count). The Bertz CT molecular complexity index is 984. The van der Waals surface area contributed by atoms with E-state index in [4.69, 9.17) is 10.0 Å². The van der Waals surface area contributed by atoms with Gasteiger partial charge in [0, 0.05) is 5.56 Å². The van der Waals surface area contributed by atoms with Crippen LogP contribution in [0.15, 0.2) is 24.3 Å². The van der Waals surface area contributed by atoms with Gasteiger partial charge in [0.05, 0.1) is 0 Å². The summed E-state index contributed by atoms with van der Waals surface area (Å²) in [5.41, 5.74) is -4.63. The van der Waals surface area contributed by atoms with Gasteiger partial charge in [-0.2, -0.15) is 83.4 Å². The van der Waals surface area contributed by atoms with Crippen LogP contribution in [-0.2, 0) is 5.92 Å². The number of halogens is 19. The molecular formula is C15H6BF19O2. The Morgan fingerprint density at radius 3 is 1.05 bits per heavy atom. The molecule has 0 amide bonds. The molecule has 1 aromatic carbocycles. The molecule has 2 N–H and O–H groups in total. The SMILES string of the molecule is OB(O)c1ccccc1C(F)(F)C(F)(F)C(F)(F)C(F)(F)C(F)(F)C(F)(F)C(F)(F)C(F)(F)C(F)(F)F. The van der Waals surface area contributed by atoms with Gasteiger partial charge in [-0.25, -0.2) is 0 Å². The first-order valence-electron chi connectivity index (χ1n) is 8.47. The summed E-state index contributed by atoms with van der Waals surface area (Å²) >= 11 is 0. The Morgan fingerprint density at radius 1 is 0.432 bits per heavy atom. The molecule has 22 heteroatoms. The zero-order valence-electron chi connectivity index (χ0n) is 16.5. The molecule has 0 aromatic heterocycles. The van der Waals surface area contributed by atoms with Crippen LogP contribution in [0, 0.1) is 0 Å². The van der Waals surface area contributed by atoms with E-state index in [9.17, 15) is 83.4 Å². The third-order valence-corrected chi connectivity index (χ3v) is 4.69. The lowest BCUT2D eigenvalue weighted by molar-refractivity contribution is -0.469. The molecule has 0 aliphatic carbocycles. The highest BCUT2D eigenvalue weighted by molar-refractivity contribution is 6.59. The van der Waals surface area contributed by atoms with Gasteiger partial charge in [-0.05, 0) is 5.46 Å². The Morgan fingerprint density at radius 2 is 0.730 bits per heavy atom. The van der Waals surface area contributed by atoms with Crippen molar-refractivity contribution in [2.75, 3.05) is 0 Å². The smallest absolute Gasteiger partial charge is 0.423 e. The average molecular weight is 590 g/mol. The molecule has 0 heterocycles. The van der Waals surface area contributed by atoms with E-state index in [1.165, 1.54) is 0 Å². The van der Waals surface area contributed by atoms with Crippen LogP contribution < -0.4 is 5.46 Å². The van der Waals surface area contributed by atoms with Gasteiger partial charge in [-0.15, -0.1) is 0 Å². The lowest BCUT2D eigenvalue weighted by Crippen LogP contribution is -2.75. The number of benzene rings is 1. The molecule has 214 valence electrons. The summed E-state index contributed by atoms with van der Waals surface area (Å²) in [4.78, 5) is 0. The predicted octanol–water partition coefficient (Wildman–Crippen LogP) is 5.47. The highest BCUT2D eigenvalue weighted by atomic mass is 19.4. The highest BCUT2D eigenvalue weighted by Gasteiger charge is 2.96. The number of alkyl halides is 19. The maximum absolute atomic E-state index is 14.2. The van der Waals surface area contributed by atoms with Crippen molar-refractivity contribution in [3.63, 3.8) is 0 Å². The highest BCUT2D eigenvalue weighted by Crippen LogP contribution is 2.66. The Balaban J connectivity index is 3.85. The van der Waals surface area contributed by atoms with Crippen molar-refractivity contribution in [3.8, 4) is 0 Å². The Hall–Kier alpha value is -2.13. The van der Waals surface area contributed by atoms with Gasteiger partial charge >= 0.3 is 60.7 Å². The second kappa shape index (κ2) is 8.70. The number of hydrogen-bond acceptors (Lipinski definition) is 2. The standard InChI is InChI=1S/C15H6BF19O2/c17-7(18,5-3-1-2-4-6(5)16(36)37)8(19,20)9(21,22)10(23,24)11(25,26)12(27,28)13(29,30)14(31,32)15(33,34)35/h1-4,36-37H. The van der Waals surface area contributed by atoms with Gasteiger partial charge in [0.1, 0.15) is 0 Å². The van der Waals surface area contributed by atoms with E-state index in [0.29, 0.717) is 6.07 Å². The summed E-state index contributed by atoms with van der Waals surface area (Å²) < 4.78 is 254. The molecule has 0 aliphatic heterocycles. The van der Waals surface area contributed by atoms with Gasteiger partial charge in [-0.3, -0.25) is 0 Å². The normalized spacial score (nSPS) is 15.7. The van der Waals surface area contributed by atoms with Gasteiger partial charge in [0.15, 0.2) is 0 Å². The van der Waals surface area contributed by atoms with Gasteiger partial charge < -0.3 is 10.0 Å². The lowest BCUT2D eigenvalue weighted by Gasteiger charge is -2.44. The fourth-order valence-electron chi connectivity index (χ4n) is 2.54. The molecule has 0 unspecified atom stereocenters. The monoisotopic (exact) mass is 590 g/mol. The van der Waals surface area contributed by atoms with E-state index < -0.39 is 77.8 Å². The van der Waals surface area contributed by atoms with Crippen molar-refractivity contribution in [2.45, 2.75) is 53.6 Å². The topological polar surface area (TPSA) is 40.5 Å². The second-order valence-electron chi connectivity index (χ2n) is 7.05. The van der Waals surface area contributed by atoms with Crippen LogP contribution in [0.1, 0.15) is 5.56 Å². The fraction of sp³-hybridized carbons (Fsp3) is 0.600. The molecule has 2 nitrogen and oxygen atoms in total. The minimum absolute atomic E-state index is 0.0444. The van der Waals surface area contributed by atoms with Crippen LogP contribution in [0.2, 0.25) is 0 Å². The molecule has 0 atom stereocenters. The average Bonchev–Trinajstić information content (AvgIpc) is 2.71. The van der Waals surface area contributed by atoms with Crippen LogP contribution >= 0.6 is 0 Å². The van der Waals surface area contributed by atoms with Gasteiger partial charge in [0.25, 0.3) is 0 Å². The Kier molecular flexibility index (Phi) is 7.74. The fourth-order valence-corrected chi connectivity index (χ4v) is 2.54. The van der Waals surface area contributed by atoms with Crippen LogP contribution in [0.25, 0.3) is 0 Å². The zero-order chi connectivity index (χ0) is 30.1. The van der Waals surface area contributed by atoms with Crippen molar-refractivity contribution >= 4 is 12.6 Å². The molecule has 37 heavy (non-hydrogen) atoms. The van der Waals surface area contributed by atoms with Crippen molar-refractivity contribution in [3.05, 3.63) is 29.8 Å². The van der Waals surface area contributed by atoms with E-state index in [-0.39, 0.29) is 12.1 Å². The molecule has 0 spiro atoms. The maximum Gasteiger partial charge on any atom is 0.488 e. The molecule has 0 radical (unpaired) electrons. The van der Waals surface area contributed by atoms with Gasteiger partial charge in [-0.1, -0.05) is 24.3 Å². The lowest BCUT2D eigenvalue weighted by atomic mass is 9.74. The van der Waals surface area contributed by atoms with Crippen molar-refractivity contribution < 1.29 is 93.5 Å². The summed E-state index contributed by atoms with van der Waals surface area (Å²) in [6, 6.07) is 0.353. The van der Waals surface area contributed by atoms with E-state index in [1.54, 1.807) is 0 Å². The van der Waals surface area contributed by atoms with Crippen LogP contribution in [-0.4, -0.2) is 64.8 Å². The van der Waals surface area contributed by atoms with E-state index in [1.807, 2.05) is 0 Å². The first-order valence-corrected chi connectivity index (χ1v) is 8.47. The second-order valence-corrected chi connectivity index (χ2v) is 7.05. The molecule has 1 aromatic rings. The molecule has 0 aliphatic rings. The molecule has 0 saturated heterocycles. The summed E-state index contributed by atoms with van der Waals surface area (Å²) in [5.74, 6) is -67.8. The molecule has 0 saturated carbocycles. The summed E-state index contributed by atoms with van der Waals surface area (Å²) in [6.45, 7) is 0. The largest absolute Gasteiger partial charge is 0.488 e. The predicted molar refractivity (Wildman–Crippen MR) is 80.8 cm³/mol. The summed E-state index contributed by atoms with van der Waals surface area (Å²) in [6.07, 6.45) is -7.94. The summed E-state index contributed by atoms with van der Waals surface area (Å²) in [5, 5.41) is 17.7. The molecule has 0 bridgehead atoms. The Labute approximate surface area is 190 Å². The van der Waals surface area contributed by atoms with E-state index >= 15 is 0 Å². The van der Waals surface area contributed by atoms with Crippen LogP contribution in [0.4, 0.5) is 83.4 Å². The third kappa shape index (κ3) is 4.17. The van der Waals surface area contributed by atoms with Gasteiger partial charge in [0.2, 0.25) is 0 Å². The van der Waals surface area contributed by atoms with Crippen molar-refractivity contribution in [1.29, 1.82) is 0 Å². The van der Waals surface area contributed by atoms with Crippen LogP contribution in [0.5, 0.6) is 0 Å². The summed E-state index contributed by atoms with van der Waals surface area (Å²) in [7, 11) is -3.29. The third-order valence-electron chi connectivity index (χ3n) is 4.69. The number of rotatable bonds is 9. The first kappa shape index (κ1) is 32.9. The minimum Gasteiger partial charge on any atom is -0.423 e. The quantitative estimate of drug-likeness (QED) is 0.296. The zero-order valence-corrected chi connectivity index (χ0v) is 16.5. The minimum atomic E-state index is -9.02. The van der Waals surface area contributed by atoms with Crippen molar-refractivity contribution in [2.24, 2.45) is 0 Å². The molecule has 0 fully saturated rings. The van der Waals surface area contributed by atoms with E-state index in [0.717, 1.165) is 0 Å². The number of hydrogen-bond donors (Lipinski definition) is 2. The van der Waals surface area contributed by atoms with E-state index in [2.05, 4.69) is 0 Å². The molecular weight excluding hydrogens is 584 g/mol.